The molecule has 3 N–H and O–H groups in total. The van der Waals surface area contributed by atoms with Gasteiger partial charge in [-0.3, -0.25) is 4.79 Å². The third-order valence-electron chi connectivity index (χ3n) is 1.66. The Balaban J connectivity index is 2.09. The molecule has 0 radical (unpaired) electrons. The van der Waals surface area contributed by atoms with Crippen LogP contribution >= 0.6 is 38.9 Å². The number of nitrogens with one attached hydrogen (secondary N) is 1. The molecule has 1 aromatic heterocycles. The number of amides is 1. The van der Waals surface area contributed by atoms with Crippen LogP contribution in [0.2, 0.25) is 4.34 Å². The lowest BCUT2D eigenvalue weighted by atomic mass is 10.4. The predicted molar refractivity (Wildman–Crippen MR) is 68.7 cm³/mol. The van der Waals surface area contributed by atoms with Crippen LogP contribution in [0.3, 0.4) is 0 Å². The summed E-state index contributed by atoms with van der Waals surface area (Å²) in [5.41, 5.74) is 4.92. The minimum absolute atomic E-state index is 0.0297. The second kappa shape index (κ2) is 7.24. The fourth-order valence-corrected chi connectivity index (χ4v) is 2.77. The van der Waals surface area contributed by atoms with E-state index in [2.05, 4.69) is 21.2 Å². The van der Waals surface area contributed by atoms with Crippen LogP contribution in [0.15, 0.2) is 10.5 Å². The van der Waals surface area contributed by atoms with Crippen molar-refractivity contribution in [1.29, 1.82) is 0 Å². The van der Waals surface area contributed by atoms with E-state index in [1.165, 1.54) is 11.3 Å². The van der Waals surface area contributed by atoms with Crippen molar-refractivity contribution in [3.8, 4) is 0 Å². The van der Waals surface area contributed by atoms with Crippen LogP contribution in [-0.2, 0) is 16.1 Å². The number of rotatable bonds is 7. The minimum atomic E-state index is -0.450. The predicted octanol–water partition coefficient (Wildman–Crippen LogP) is 1.76. The number of carbonyl (C=O) groups excluding carboxylic acids is 1. The Morgan fingerprint density at radius 3 is 3.00 bits per heavy atom. The number of ether oxygens (including phenoxy) is 1. The van der Waals surface area contributed by atoms with Gasteiger partial charge < -0.3 is 15.8 Å². The summed E-state index contributed by atoms with van der Waals surface area (Å²) in [5, 5.41) is 3.17. The molecule has 16 heavy (non-hydrogen) atoms. The molecule has 0 aromatic carbocycles. The van der Waals surface area contributed by atoms with E-state index < -0.39 is 5.91 Å². The average Bonchev–Trinajstić information content (AvgIpc) is 2.52. The molecule has 1 amide bonds. The van der Waals surface area contributed by atoms with Gasteiger partial charge in [0.1, 0.15) is 10.9 Å². The van der Waals surface area contributed by atoms with Gasteiger partial charge in [-0.2, -0.15) is 0 Å². The second-order valence-electron chi connectivity index (χ2n) is 3.03. The van der Waals surface area contributed by atoms with Gasteiger partial charge in [0.05, 0.1) is 6.61 Å². The van der Waals surface area contributed by atoms with Crippen molar-refractivity contribution in [2.75, 3.05) is 19.8 Å². The van der Waals surface area contributed by atoms with Gasteiger partial charge in [-0.05, 0) is 22.0 Å². The van der Waals surface area contributed by atoms with Gasteiger partial charge in [-0.1, -0.05) is 11.6 Å². The zero-order valence-electron chi connectivity index (χ0n) is 8.46. The summed E-state index contributed by atoms with van der Waals surface area (Å²) in [6.07, 6.45) is 0. The van der Waals surface area contributed by atoms with Crippen LogP contribution in [0.4, 0.5) is 0 Å². The van der Waals surface area contributed by atoms with Gasteiger partial charge in [-0.15, -0.1) is 11.3 Å². The molecule has 0 unspecified atom stereocenters. The molecule has 0 spiro atoms. The van der Waals surface area contributed by atoms with Gasteiger partial charge in [-0.25, -0.2) is 0 Å². The fourth-order valence-electron chi connectivity index (χ4n) is 1.01. The number of primary amides is 1. The molecule has 1 rings (SSSR count). The lowest BCUT2D eigenvalue weighted by Crippen LogP contribution is -2.23. The van der Waals surface area contributed by atoms with Crippen molar-refractivity contribution >= 4 is 44.8 Å². The maximum absolute atomic E-state index is 10.4. The van der Waals surface area contributed by atoms with Gasteiger partial charge in [0.15, 0.2) is 0 Å². The number of hydrogen-bond acceptors (Lipinski definition) is 4. The van der Waals surface area contributed by atoms with E-state index in [1.807, 2.05) is 6.07 Å². The highest BCUT2D eigenvalue weighted by atomic mass is 79.9. The van der Waals surface area contributed by atoms with E-state index in [4.69, 9.17) is 22.1 Å². The van der Waals surface area contributed by atoms with Crippen molar-refractivity contribution in [3.63, 3.8) is 0 Å². The Kier molecular flexibility index (Phi) is 6.30. The first-order valence-corrected chi connectivity index (χ1v) is 6.59. The molecule has 0 atom stereocenters. The third kappa shape index (κ3) is 5.27. The molecule has 0 fully saturated rings. The summed E-state index contributed by atoms with van der Waals surface area (Å²) in [7, 11) is 0. The van der Waals surface area contributed by atoms with Crippen LogP contribution in [0.25, 0.3) is 0 Å². The molecule has 7 heteroatoms. The molecule has 4 nitrogen and oxygen atoms in total. The van der Waals surface area contributed by atoms with E-state index in [0.717, 1.165) is 20.2 Å². The zero-order valence-corrected chi connectivity index (χ0v) is 11.6. The Morgan fingerprint density at radius 1 is 1.69 bits per heavy atom. The van der Waals surface area contributed by atoms with Crippen molar-refractivity contribution < 1.29 is 9.53 Å². The summed E-state index contributed by atoms with van der Waals surface area (Å²) in [4.78, 5) is 11.5. The van der Waals surface area contributed by atoms with Crippen LogP contribution in [0.5, 0.6) is 0 Å². The van der Waals surface area contributed by atoms with Crippen molar-refractivity contribution in [2.24, 2.45) is 5.73 Å². The molecule has 1 aromatic rings. The Hall–Kier alpha value is -0.140. The zero-order chi connectivity index (χ0) is 12.0. The van der Waals surface area contributed by atoms with Gasteiger partial charge in [0.2, 0.25) is 5.91 Å². The Labute approximate surface area is 111 Å². The molecular weight excluding hydrogens is 316 g/mol. The minimum Gasteiger partial charge on any atom is -0.370 e. The fraction of sp³-hybridized carbons (Fsp3) is 0.444. The summed E-state index contributed by atoms with van der Waals surface area (Å²) in [5.74, 6) is -0.450. The summed E-state index contributed by atoms with van der Waals surface area (Å²) in [6.45, 7) is 1.83. The third-order valence-corrected chi connectivity index (χ3v) is 4.14. The van der Waals surface area contributed by atoms with Crippen molar-refractivity contribution in [3.05, 3.63) is 19.8 Å². The first-order chi connectivity index (χ1) is 7.59. The number of hydrogen-bond donors (Lipinski definition) is 2. The summed E-state index contributed by atoms with van der Waals surface area (Å²) in [6, 6.07) is 1.98. The molecule has 1 heterocycles. The van der Waals surface area contributed by atoms with Gasteiger partial charge in [0.25, 0.3) is 0 Å². The largest absolute Gasteiger partial charge is 0.370 e. The molecule has 0 saturated carbocycles. The maximum Gasteiger partial charge on any atom is 0.243 e. The highest BCUT2D eigenvalue weighted by Crippen LogP contribution is 2.31. The van der Waals surface area contributed by atoms with E-state index >= 15 is 0 Å². The number of thiophene rings is 1. The molecular formula is C9H12BrClN2O2S. The smallest absolute Gasteiger partial charge is 0.243 e. The monoisotopic (exact) mass is 326 g/mol. The van der Waals surface area contributed by atoms with Crippen LogP contribution in [0.1, 0.15) is 4.88 Å². The standard InChI is InChI=1S/C9H12BrClN2O2S/c10-7-3-6(16-9(7)11)4-13-1-2-15-5-8(12)14/h3,13H,1-2,4-5H2,(H2,12,14). The first-order valence-electron chi connectivity index (χ1n) is 4.60. The first kappa shape index (κ1) is 13.9. The van der Waals surface area contributed by atoms with Gasteiger partial charge in [0, 0.05) is 22.4 Å². The number of halogens is 2. The van der Waals surface area contributed by atoms with E-state index in [-0.39, 0.29) is 6.61 Å². The quantitative estimate of drug-likeness (QED) is 0.750. The lowest BCUT2D eigenvalue weighted by molar-refractivity contribution is -0.122. The SMILES string of the molecule is NC(=O)COCCNCc1cc(Br)c(Cl)s1. The molecule has 0 aliphatic rings. The van der Waals surface area contributed by atoms with E-state index in [9.17, 15) is 4.79 Å². The molecule has 0 saturated heterocycles. The summed E-state index contributed by atoms with van der Waals surface area (Å²) < 4.78 is 6.66. The Bertz CT molecular complexity index is 340. The molecule has 0 bridgehead atoms. The van der Waals surface area contributed by atoms with E-state index in [0.29, 0.717) is 13.2 Å². The van der Waals surface area contributed by atoms with E-state index in [1.54, 1.807) is 0 Å². The average molecular weight is 328 g/mol. The second-order valence-corrected chi connectivity index (χ2v) is 5.62. The topological polar surface area (TPSA) is 64.4 Å². The highest BCUT2D eigenvalue weighted by Gasteiger charge is 2.03. The maximum atomic E-state index is 10.4. The number of carbonyl (C=O) groups is 1. The summed E-state index contributed by atoms with van der Waals surface area (Å²) >= 11 is 10.8. The molecule has 0 aliphatic carbocycles. The van der Waals surface area contributed by atoms with Crippen molar-refractivity contribution in [1.82, 2.24) is 5.32 Å². The van der Waals surface area contributed by atoms with Crippen LogP contribution in [-0.4, -0.2) is 25.7 Å². The molecule has 0 aliphatic heterocycles. The molecule has 90 valence electrons. The highest BCUT2D eigenvalue weighted by molar-refractivity contribution is 9.10. The normalized spacial score (nSPS) is 10.6. The van der Waals surface area contributed by atoms with Crippen molar-refractivity contribution in [2.45, 2.75) is 6.54 Å². The Morgan fingerprint density at radius 2 is 2.44 bits per heavy atom. The lowest BCUT2D eigenvalue weighted by Gasteiger charge is -2.03. The van der Waals surface area contributed by atoms with Gasteiger partial charge >= 0.3 is 0 Å². The van der Waals surface area contributed by atoms with Crippen LogP contribution < -0.4 is 11.1 Å². The number of nitrogens with two attached hydrogens (primary N) is 1. The van der Waals surface area contributed by atoms with Crippen LogP contribution in [0, 0.1) is 0 Å².